The quantitative estimate of drug-likeness (QED) is 0.773. The van der Waals surface area contributed by atoms with Crippen LogP contribution in [-0.4, -0.2) is 21.9 Å². The van der Waals surface area contributed by atoms with Crippen LogP contribution < -0.4 is 5.32 Å². The van der Waals surface area contributed by atoms with Crippen molar-refractivity contribution in [1.82, 2.24) is 15.3 Å². The summed E-state index contributed by atoms with van der Waals surface area (Å²) in [4.78, 5) is 21.4. The average Bonchev–Trinajstić information content (AvgIpc) is 3.23. The Morgan fingerprint density at radius 2 is 2.04 bits per heavy atom. The second-order valence-corrected chi connectivity index (χ2v) is 7.38. The van der Waals surface area contributed by atoms with Gasteiger partial charge in [-0.15, -0.1) is 11.3 Å². The van der Waals surface area contributed by atoms with E-state index in [0.717, 1.165) is 39.3 Å². The first-order valence-electron chi connectivity index (χ1n) is 8.33. The van der Waals surface area contributed by atoms with E-state index in [1.54, 1.807) is 11.3 Å². The van der Waals surface area contributed by atoms with E-state index in [9.17, 15) is 4.79 Å². The van der Waals surface area contributed by atoms with Gasteiger partial charge in [0.1, 0.15) is 5.01 Å². The number of carbonyl (C=O) groups is 1. The molecule has 1 saturated carbocycles. The zero-order chi connectivity index (χ0) is 16.5. The largest absolute Gasteiger partial charge is 0.349 e. The van der Waals surface area contributed by atoms with Crippen LogP contribution in [0.15, 0.2) is 36.5 Å². The summed E-state index contributed by atoms with van der Waals surface area (Å²) in [6, 6.07) is 10.1. The maximum absolute atomic E-state index is 12.4. The normalized spacial score (nSPS) is 15.0. The fourth-order valence-corrected chi connectivity index (χ4v) is 4.12. The average molecular weight is 337 g/mol. The second-order valence-electron chi connectivity index (χ2n) is 6.34. The molecule has 1 aliphatic rings. The highest BCUT2D eigenvalue weighted by Gasteiger charge is 2.18. The maximum atomic E-state index is 12.4. The molecule has 24 heavy (non-hydrogen) atoms. The fourth-order valence-electron chi connectivity index (χ4n) is 3.12. The number of nitrogens with one attached hydrogen (secondary N) is 1. The lowest BCUT2D eigenvalue weighted by atomic mass is 10.1. The number of pyridine rings is 1. The highest BCUT2D eigenvalue weighted by molar-refractivity contribution is 7.21. The number of hydrogen-bond acceptors (Lipinski definition) is 4. The topological polar surface area (TPSA) is 54.9 Å². The van der Waals surface area contributed by atoms with Crippen molar-refractivity contribution in [3.63, 3.8) is 0 Å². The van der Waals surface area contributed by atoms with Gasteiger partial charge in [0, 0.05) is 29.1 Å². The molecular weight excluding hydrogens is 318 g/mol. The Morgan fingerprint density at radius 1 is 1.21 bits per heavy atom. The number of rotatable bonds is 3. The van der Waals surface area contributed by atoms with E-state index in [2.05, 4.69) is 15.3 Å². The van der Waals surface area contributed by atoms with Gasteiger partial charge < -0.3 is 5.32 Å². The maximum Gasteiger partial charge on any atom is 0.251 e. The molecule has 0 spiro atoms. The number of nitrogens with zero attached hydrogens (tertiary/aromatic N) is 2. The van der Waals surface area contributed by atoms with Gasteiger partial charge in [0.2, 0.25) is 0 Å². The minimum absolute atomic E-state index is 0.0238. The molecule has 2 aromatic heterocycles. The molecule has 1 amide bonds. The van der Waals surface area contributed by atoms with Gasteiger partial charge in [-0.05, 0) is 50.1 Å². The number of benzene rings is 1. The molecule has 3 aromatic rings. The van der Waals surface area contributed by atoms with E-state index >= 15 is 0 Å². The molecule has 0 atom stereocenters. The first-order chi connectivity index (χ1) is 11.7. The third-order valence-electron chi connectivity index (χ3n) is 4.50. The summed E-state index contributed by atoms with van der Waals surface area (Å²) in [6.07, 6.45) is 6.47. The van der Waals surface area contributed by atoms with Crippen LogP contribution in [0.5, 0.6) is 0 Å². The molecule has 2 heterocycles. The molecule has 0 bridgehead atoms. The van der Waals surface area contributed by atoms with Gasteiger partial charge in [-0.2, -0.15) is 0 Å². The Balaban J connectivity index is 1.60. The van der Waals surface area contributed by atoms with E-state index in [4.69, 9.17) is 0 Å². The summed E-state index contributed by atoms with van der Waals surface area (Å²) >= 11 is 1.60. The zero-order valence-corrected chi connectivity index (χ0v) is 14.4. The molecule has 1 fully saturated rings. The first-order valence-corrected chi connectivity index (χ1v) is 9.15. The number of thiazole rings is 1. The van der Waals surface area contributed by atoms with Crippen molar-refractivity contribution in [2.45, 2.75) is 38.6 Å². The summed E-state index contributed by atoms with van der Waals surface area (Å²) in [6.45, 7) is 1.97. The van der Waals surface area contributed by atoms with Gasteiger partial charge in [0.25, 0.3) is 5.91 Å². The Morgan fingerprint density at radius 3 is 2.79 bits per heavy atom. The summed E-state index contributed by atoms with van der Waals surface area (Å²) < 4.78 is 1.03. The van der Waals surface area contributed by atoms with Crippen molar-refractivity contribution in [2.75, 3.05) is 0 Å². The monoisotopic (exact) mass is 337 g/mol. The highest BCUT2D eigenvalue weighted by atomic mass is 32.1. The summed E-state index contributed by atoms with van der Waals surface area (Å²) in [7, 11) is 0. The summed E-state index contributed by atoms with van der Waals surface area (Å²) in [5, 5.41) is 4.08. The van der Waals surface area contributed by atoms with Gasteiger partial charge in [0.15, 0.2) is 0 Å². The molecule has 4 nitrogen and oxygen atoms in total. The van der Waals surface area contributed by atoms with Crippen LogP contribution >= 0.6 is 11.3 Å². The molecule has 0 saturated heterocycles. The number of amides is 1. The zero-order valence-electron chi connectivity index (χ0n) is 13.6. The second kappa shape index (κ2) is 6.32. The van der Waals surface area contributed by atoms with Gasteiger partial charge in [-0.3, -0.25) is 9.78 Å². The van der Waals surface area contributed by atoms with Crippen molar-refractivity contribution in [2.24, 2.45) is 0 Å². The van der Waals surface area contributed by atoms with Crippen molar-refractivity contribution in [1.29, 1.82) is 0 Å². The summed E-state index contributed by atoms with van der Waals surface area (Å²) in [5.41, 5.74) is 3.64. The first kappa shape index (κ1) is 15.3. The Kier molecular flexibility index (Phi) is 4.02. The Hall–Kier alpha value is -2.27. The van der Waals surface area contributed by atoms with Crippen LogP contribution in [0.2, 0.25) is 0 Å². The van der Waals surface area contributed by atoms with Crippen molar-refractivity contribution in [3.8, 4) is 10.6 Å². The lowest BCUT2D eigenvalue weighted by Gasteiger charge is -2.11. The third kappa shape index (κ3) is 3.04. The number of aromatic nitrogens is 2. The lowest BCUT2D eigenvalue weighted by Crippen LogP contribution is -2.32. The van der Waals surface area contributed by atoms with Crippen LogP contribution in [0.4, 0.5) is 0 Å². The van der Waals surface area contributed by atoms with Crippen molar-refractivity contribution < 1.29 is 4.79 Å². The van der Waals surface area contributed by atoms with Crippen molar-refractivity contribution >= 4 is 27.5 Å². The standard InChI is InChI=1S/C19H19N3OS/c1-12-6-7-14(11-20-12)19-22-16-9-8-13(10-17(16)24-19)18(23)21-15-4-2-3-5-15/h6-11,15H,2-5H2,1H3,(H,21,23). The van der Waals surface area contributed by atoms with Gasteiger partial charge in [0.05, 0.1) is 10.2 Å². The predicted octanol–water partition coefficient (Wildman–Crippen LogP) is 4.34. The summed E-state index contributed by atoms with van der Waals surface area (Å²) in [5.74, 6) is 0.0238. The van der Waals surface area contributed by atoms with Crippen LogP contribution in [0.25, 0.3) is 20.8 Å². The van der Waals surface area contributed by atoms with Gasteiger partial charge in [-0.25, -0.2) is 4.98 Å². The van der Waals surface area contributed by atoms with Crippen LogP contribution in [0, 0.1) is 6.92 Å². The third-order valence-corrected chi connectivity index (χ3v) is 5.57. The molecule has 5 heteroatoms. The molecule has 0 aliphatic heterocycles. The molecule has 0 unspecified atom stereocenters. The lowest BCUT2D eigenvalue weighted by molar-refractivity contribution is 0.0938. The highest BCUT2D eigenvalue weighted by Crippen LogP contribution is 2.30. The molecule has 1 aromatic carbocycles. The number of hydrogen-bond donors (Lipinski definition) is 1. The Labute approximate surface area is 145 Å². The van der Waals surface area contributed by atoms with E-state index in [1.807, 2.05) is 43.5 Å². The van der Waals surface area contributed by atoms with E-state index in [1.165, 1.54) is 12.8 Å². The predicted molar refractivity (Wildman–Crippen MR) is 97.3 cm³/mol. The number of fused-ring (bicyclic) bond motifs is 1. The minimum atomic E-state index is 0.0238. The smallest absolute Gasteiger partial charge is 0.251 e. The van der Waals surface area contributed by atoms with Crippen LogP contribution in [-0.2, 0) is 0 Å². The molecular formula is C19H19N3OS. The van der Waals surface area contributed by atoms with Gasteiger partial charge in [-0.1, -0.05) is 12.8 Å². The molecule has 4 rings (SSSR count). The van der Waals surface area contributed by atoms with Gasteiger partial charge >= 0.3 is 0 Å². The van der Waals surface area contributed by atoms with Crippen molar-refractivity contribution in [3.05, 3.63) is 47.8 Å². The van der Waals surface area contributed by atoms with E-state index in [0.29, 0.717) is 11.6 Å². The van der Waals surface area contributed by atoms with E-state index in [-0.39, 0.29) is 5.91 Å². The van der Waals surface area contributed by atoms with E-state index < -0.39 is 0 Å². The van der Waals surface area contributed by atoms with Crippen LogP contribution in [0.1, 0.15) is 41.7 Å². The Bertz CT molecular complexity index is 879. The fraction of sp³-hybridized carbons (Fsp3) is 0.316. The number of carbonyl (C=O) groups excluding carboxylic acids is 1. The minimum Gasteiger partial charge on any atom is -0.349 e. The number of aryl methyl sites for hydroxylation is 1. The SMILES string of the molecule is Cc1ccc(-c2nc3ccc(C(=O)NC4CCCC4)cc3s2)cn1. The molecule has 0 radical (unpaired) electrons. The van der Waals surface area contributed by atoms with Crippen LogP contribution in [0.3, 0.4) is 0 Å². The molecule has 1 N–H and O–H groups in total. The molecule has 1 aliphatic carbocycles. The molecule has 122 valence electrons.